The molecule has 0 atom stereocenters. The van der Waals surface area contributed by atoms with E-state index in [0.29, 0.717) is 16.6 Å². The summed E-state index contributed by atoms with van der Waals surface area (Å²) in [6, 6.07) is 4.45. The molecule has 3 rings (SSSR count). The topological polar surface area (TPSA) is 116 Å². The zero-order valence-corrected chi connectivity index (χ0v) is 17.6. The van der Waals surface area contributed by atoms with Crippen LogP contribution in [0.4, 0.5) is 5.69 Å². The second kappa shape index (κ2) is 9.61. The Bertz CT molecular complexity index is 1020. The van der Waals surface area contributed by atoms with Gasteiger partial charge >= 0.3 is 0 Å². The minimum Gasteiger partial charge on any atom is -0.352 e. The number of thiazole rings is 1. The lowest BCUT2D eigenvalue weighted by Crippen LogP contribution is -2.24. The van der Waals surface area contributed by atoms with Crippen molar-refractivity contribution in [3.8, 4) is 0 Å². The summed E-state index contributed by atoms with van der Waals surface area (Å²) in [5, 5.41) is 25.6. The smallest absolute Gasteiger partial charge is 0.284 e. The van der Waals surface area contributed by atoms with E-state index in [9.17, 15) is 14.9 Å². The molecule has 0 spiro atoms. The summed E-state index contributed by atoms with van der Waals surface area (Å²) in [5.74, 6) is -0.326. The number of benzene rings is 1. The van der Waals surface area contributed by atoms with E-state index in [1.54, 1.807) is 35.1 Å². The van der Waals surface area contributed by atoms with Crippen LogP contribution in [-0.2, 0) is 13.5 Å². The quantitative estimate of drug-likeness (QED) is 0.313. The molecular weight excluding hydrogens is 412 g/mol. The first-order valence-electron chi connectivity index (χ1n) is 8.93. The Morgan fingerprint density at radius 1 is 1.38 bits per heavy atom. The van der Waals surface area contributed by atoms with Crippen molar-refractivity contribution in [3.63, 3.8) is 0 Å². The minimum absolute atomic E-state index is 0.134. The molecule has 9 nitrogen and oxygen atoms in total. The van der Waals surface area contributed by atoms with Gasteiger partial charge in [-0.25, -0.2) is 4.98 Å². The summed E-state index contributed by atoms with van der Waals surface area (Å²) in [7, 11) is 1.76. The number of nitro groups is 1. The largest absolute Gasteiger partial charge is 0.352 e. The Balaban J connectivity index is 1.56. The Kier molecular flexibility index (Phi) is 6.94. The molecular formula is C18H20N6O3S2. The van der Waals surface area contributed by atoms with Gasteiger partial charge in [-0.15, -0.1) is 21.5 Å². The molecule has 0 radical (unpaired) electrons. The van der Waals surface area contributed by atoms with Crippen LogP contribution in [0.25, 0.3) is 0 Å². The predicted molar refractivity (Wildman–Crippen MR) is 110 cm³/mol. The molecule has 1 N–H and O–H groups in total. The molecule has 0 unspecified atom stereocenters. The van der Waals surface area contributed by atoms with Crippen molar-refractivity contribution >= 4 is 34.7 Å². The number of amides is 1. The fourth-order valence-electron chi connectivity index (χ4n) is 2.57. The molecule has 2 aromatic heterocycles. The number of rotatable bonds is 9. The molecule has 0 aliphatic rings. The van der Waals surface area contributed by atoms with E-state index in [0.717, 1.165) is 41.7 Å². The van der Waals surface area contributed by atoms with Crippen LogP contribution in [-0.4, -0.2) is 37.1 Å². The molecule has 1 amide bonds. The van der Waals surface area contributed by atoms with Gasteiger partial charge in [0, 0.05) is 36.3 Å². The van der Waals surface area contributed by atoms with Crippen molar-refractivity contribution < 1.29 is 9.72 Å². The highest BCUT2D eigenvalue weighted by atomic mass is 32.2. The summed E-state index contributed by atoms with van der Waals surface area (Å²) in [4.78, 5) is 28.1. The van der Waals surface area contributed by atoms with E-state index < -0.39 is 4.92 Å². The van der Waals surface area contributed by atoms with Crippen molar-refractivity contribution in [1.29, 1.82) is 0 Å². The molecule has 0 bridgehead atoms. The fraction of sp³-hybridized carbons (Fsp3) is 0.333. The normalized spacial score (nSPS) is 10.8. The van der Waals surface area contributed by atoms with Gasteiger partial charge in [0.15, 0.2) is 5.16 Å². The maximum atomic E-state index is 12.4. The number of nitrogens with zero attached hydrogens (tertiary/aromatic N) is 5. The molecule has 0 aliphatic carbocycles. The fourth-order valence-corrected chi connectivity index (χ4v) is 4.24. The van der Waals surface area contributed by atoms with Crippen LogP contribution in [0, 0.1) is 17.0 Å². The van der Waals surface area contributed by atoms with E-state index in [4.69, 9.17) is 0 Å². The Morgan fingerprint density at radius 3 is 2.86 bits per heavy atom. The maximum absolute atomic E-state index is 12.4. The predicted octanol–water partition coefficient (Wildman–Crippen LogP) is 3.39. The Labute approximate surface area is 175 Å². The van der Waals surface area contributed by atoms with Gasteiger partial charge in [-0.1, -0.05) is 0 Å². The number of aryl methyl sites for hydroxylation is 3. The summed E-state index contributed by atoms with van der Waals surface area (Å²) in [5.41, 5.74) is 1.15. The number of hydrogen-bond donors (Lipinski definition) is 1. The summed E-state index contributed by atoms with van der Waals surface area (Å²) < 4.78 is 1.67. The molecule has 11 heteroatoms. The number of unbranched alkanes of at least 4 members (excludes halogenated alkanes) is 1. The van der Waals surface area contributed by atoms with Crippen molar-refractivity contribution in [2.45, 2.75) is 36.2 Å². The average Bonchev–Trinajstić information content (AvgIpc) is 3.29. The lowest BCUT2D eigenvalue weighted by Gasteiger charge is -2.07. The summed E-state index contributed by atoms with van der Waals surface area (Å²) in [6.07, 6.45) is 4.13. The first-order valence-corrected chi connectivity index (χ1v) is 10.6. The number of hydrogen-bond acceptors (Lipinski definition) is 8. The number of aromatic nitrogens is 4. The number of nitro benzene ring substituents is 1. The molecule has 0 fully saturated rings. The van der Waals surface area contributed by atoms with E-state index >= 15 is 0 Å². The van der Waals surface area contributed by atoms with Gasteiger partial charge in [-0.2, -0.15) is 0 Å². The second-order valence-electron chi connectivity index (χ2n) is 6.36. The maximum Gasteiger partial charge on any atom is 0.284 e. The van der Waals surface area contributed by atoms with Gasteiger partial charge in [-0.05, 0) is 50.1 Å². The third-order valence-electron chi connectivity index (χ3n) is 4.06. The van der Waals surface area contributed by atoms with Crippen LogP contribution < -0.4 is 5.32 Å². The summed E-state index contributed by atoms with van der Waals surface area (Å²) in [6.45, 7) is 2.48. The molecule has 0 saturated carbocycles. The zero-order chi connectivity index (χ0) is 20.8. The third kappa shape index (κ3) is 5.61. The first-order chi connectivity index (χ1) is 13.9. The highest BCUT2D eigenvalue weighted by molar-refractivity contribution is 7.99. The van der Waals surface area contributed by atoms with Crippen LogP contribution in [0.1, 0.15) is 33.9 Å². The van der Waals surface area contributed by atoms with Crippen LogP contribution in [0.3, 0.4) is 0 Å². The summed E-state index contributed by atoms with van der Waals surface area (Å²) >= 11 is 2.78. The van der Waals surface area contributed by atoms with Crippen LogP contribution in [0.5, 0.6) is 0 Å². The van der Waals surface area contributed by atoms with E-state index in [1.165, 1.54) is 12.4 Å². The third-order valence-corrected chi connectivity index (χ3v) is 6.20. The minimum atomic E-state index is -0.495. The lowest BCUT2D eigenvalue weighted by molar-refractivity contribution is -0.387. The zero-order valence-electron chi connectivity index (χ0n) is 16.0. The van der Waals surface area contributed by atoms with Crippen molar-refractivity contribution in [2.24, 2.45) is 7.05 Å². The van der Waals surface area contributed by atoms with Crippen LogP contribution in [0.2, 0.25) is 0 Å². The lowest BCUT2D eigenvalue weighted by atomic mass is 10.2. The molecule has 1 aromatic carbocycles. The van der Waals surface area contributed by atoms with Crippen molar-refractivity contribution in [1.82, 2.24) is 25.1 Å². The number of nitrogens with one attached hydrogen (secondary N) is 1. The molecule has 0 aliphatic heterocycles. The highest BCUT2D eigenvalue weighted by Gasteiger charge is 2.20. The molecule has 0 saturated heterocycles. The average molecular weight is 433 g/mol. The van der Waals surface area contributed by atoms with Gasteiger partial charge in [0.2, 0.25) is 0 Å². The van der Waals surface area contributed by atoms with Crippen LogP contribution in [0.15, 0.2) is 40.0 Å². The standard InChI is InChI=1S/C18H20N6O3S2/c1-12-10-28-16(21-12)5-3-4-8-19-17(25)13-6-7-15(14(9-13)24(26)27)29-18-22-20-11-23(18)2/h6-7,9-11H,3-5,8H2,1-2H3,(H,19,25). The number of carbonyl (C=O) groups excluding carboxylic acids is 1. The van der Waals surface area contributed by atoms with E-state index in [-0.39, 0.29) is 17.2 Å². The molecule has 152 valence electrons. The van der Waals surface area contributed by atoms with Crippen molar-refractivity contribution in [2.75, 3.05) is 6.54 Å². The molecule has 29 heavy (non-hydrogen) atoms. The van der Waals surface area contributed by atoms with Crippen molar-refractivity contribution in [3.05, 3.63) is 56.3 Å². The van der Waals surface area contributed by atoms with E-state index in [2.05, 4.69) is 20.5 Å². The first kappa shape index (κ1) is 20.9. The van der Waals surface area contributed by atoms with Gasteiger partial charge in [-0.3, -0.25) is 14.9 Å². The Morgan fingerprint density at radius 2 is 2.21 bits per heavy atom. The van der Waals surface area contributed by atoms with Crippen LogP contribution >= 0.6 is 23.1 Å². The number of carbonyl (C=O) groups is 1. The van der Waals surface area contributed by atoms with Gasteiger partial charge < -0.3 is 9.88 Å². The van der Waals surface area contributed by atoms with E-state index in [1.807, 2.05) is 12.3 Å². The van der Waals surface area contributed by atoms with Gasteiger partial charge in [0.05, 0.1) is 14.8 Å². The second-order valence-corrected chi connectivity index (χ2v) is 8.31. The molecule has 3 aromatic rings. The van der Waals surface area contributed by atoms with Gasteiger partial charge in [0.25, 0.3) is 11.6 Å². The Hall–Kier alpha value is -2.79. The highest BCUT2D eigenvalue weighted by Crippen LogP contribution is 2.34. The SMILES string of the molecule is Cc1csc(CCCCNC(=O)c2ccc(Sc3nncn3C)c([N+](=O)[O-])c2)n1. The monoisotopic (exact) mass is 432 g/mol. The molecule has 2 heterocycles. The van der Waals surface area contributed by atoms with Gasteiger partial charge in [0.1, 0.15) is 6.33 Å².